The molecule has 0 aromatic carbocycles. The van der Waals surface area contributed by atoms with E-state index < -0.39 is 0 Å². The van der Waals surface area contributed by atoms with Crippen molar-refractivity contribution in [1.29, 1.82) is 0 Å². The zero-order chi connectivity index (χ0) is 15.1. The summed E-state index contributed by atoms with van der Waals surface area (Å²) in [5.41, 5.74) is 0.461. The lowest BCUT2D eigenvalue weighted by Crippen LogP contribution is -2.63. The van der Waals surface area contributed by atoms with Gasteiger partial charge in [-0.3, -0.25) is 0 Å². The van der Waals surface area contributed by atoms with Crippen LogP contribution in [0.3, 0.4) is 0 Å². The van der Waals surface area contributed by atoms with Crippen molar-refractivity contribution in [2.45, 2.75) is 109 Å². The van der Waals surface area contributed by atoms with Crippen LogP contribution < -0.4 is 5.32 Å². The van der Waals surface area contributed by atoms with Gasteiger partial charge in [0.05, 0.1) is 12.2 Å². The lowest BCUT2D eigenvalue weighted by molar-refractivity contribution is -0.165. The topological polar surface area (TPSA) is 21.3 Å². The second-order valence-corrected chi connectivity index (χ2v) is 7.51. The van der Waals surface area contributed by atoms with Crippen LogP contribution in [0.4, 0.5) is 0 Å². The summed E-state index contributed by atoms with van der Waals surface area (Å²) in [6.45, 7) is 4.57. The molecule has 2 heteroatoms. The van der Waals surface area contributed by atoms with Gasteiger partial charge in [0, 0.05) is 11.5 Å². The molecular weight excluding hydrogens is 258 g/mol. The summed E-state index contributed by atoms with van der Waals surface area (Å²) in [6.07, 6.45) is 17.3. The molecule has 0 aliphatic heterocycles. The first-order chi connectivity index (χ1) is 10.2. The summed E-state index contributed by atoms with van der Waals surface area (Å²) >= 11 is 0. The van der Waals surface area contributed by atoms with Crippen LogP contribution in [0.25, 0.3) is 0 Å². The Balaban J connectivity index is 1.81. The summed E-state index contributed by atoms with van der Waals surface area (Å²) < 4.78 is 6.51. The molecule has 0 heterocycles. The fourth-order valence-electron chi connectivity index (χ4n) is 4.61. The smallest absolute Gasteiger partial charge is 0.0664 e. The minimum Gasteiger partial charge on any atom is -0.375 e. The van der Waals surface area contributed by atoms with E-state index in [0.717, 1.165) is 0 Å². The minimum atomic E-state index is 0.449. The highest BCUT2D eigenvalue weighted by atomic mass is 16.5. The Labute approximate surface area is 132 Å². The zero-order valence-corrected chi connectivity index (χ0v) is 14.6. The van der Waals surface area contributed by atoms with Crippen LogP contribution in [-0.4, -0.2) is 25.3 Å². The molecule has 0 saturated heterocycles. The molecule has 124 valence electrons. The van der Waals surface area contributed by atoms with Crippen molar-refractivity contribution < 1.29 is 4.74 Å². The second-order valence-electron chi connectivity index (χ2n) is 7.51. The molecule has 2 saturated carbocycles. The van der Waals surface area contributed by atoms with Crippen LogP contribution in [0.2, 0.25) is 0 Å². The van der Waals surface area contributed by atoms with Gasteiger partial charge < -0.3 is 10.1 Å². The van der Waals surface area contributed by atoms with E-state index in [0.29, 0.717) is 23.7 Å². The Morgan fingerprint density at radius 3 is 2.43 bits per heavy atom. The summed E-state index contributed by atoms with van der Waals surface area (Å²) in [4.78, 5) is 0. The Hall–Kier alpha value is -0.0800. The molecule has 2 aliphatic rings. The number of nitrogens with one attached hydrogen (secondary N) is 1. The summed E-state index contributed by atoms with van der Waals surface area (Å²) in [6, 6.07) is 0.702. The SMILES string of the molecule is CCCCCCC(C)OC1CC(NC)C12CCCCCC2. The van der Waals surface area contributed by atoms with Crippen LogP contribution in [0.15, 0.2) is 0 Å². The van der Waals surface area contributed by atoms with Gasteiger partial charge in [0.1, 0.15) is 0 Å². The van der Waals surface area contributed by atoms with Gasteiger partial charge in [-0.25, -0.2) is 0 Å². The van der Waals surface area contributed by atoms with Crippen LogP contribution in [0.1, 0.15) is 90.9 Å². The first-order valence-corrected chi connectivity index (χ1v) is 9.55. The van der Waals surface area contributed by atoms with Crippen molar-refractivity contribution in [1.82, 2.24) is 5.32 Å². The number of unbranched alkanes of at least 4 members (excludes halogenated alkanes) is 3. The Bertz CT molecular complexity index is 283. The van der Waals surface area contributed by atoms with Gasteiger partial charge >= 0.3 is 0 Å². The van der Waals surface area contributed by atoms with Crippen molar-refractivity contribution in [3.05, 3.63) is 0 Å². The van der Waals surface area contributed by atoms with E-state index in [1.54, 1.807) is 0 Å². The predicted octanol–water partition coefficient (Wildman–Crippen LogP) is 5.06. The molecule has 2 fully saturated rings. The number of hydrogen-bond acceptors (Lipinski definition) is 2. The number of rotatable bonds is 8. The van der Waals surface area contributed by atoms with Crippen LogP contribution >= 0.6 is 0 Å². The number of hydrogen-bond donors (Lipinski definition) is 1. The van der Waals surface area contributed by atoms with E-state index in [-0.39, 0.29) is 0 Å². The Morgan fingerprint density at radius 2 is 1.81 bits per heavy atom. The van der Waals surface area contributed by atoms with Crippen LogP contribution in [-0.2, 0) is 4.74 Å². The van der Waals surface area contributed by atoms with Crippen molar-refractivity contribution in [3.63, 3.8) is 0 Å². The highest BCUT2D eigenvalue weighted by molar-refractivity contribution is 5.08. The maximum Gasteiger partial charge on any atom is 0.0664 e. The highest BCUT2D eigenvalue weighted by Gasteiger charge is 2.54. The summed E-state index contributed by atoms with van der Waals surface area (Å²) in [5.74, 6) is 0. The molecule has 3 unspecified atom stereocenters. The second kappa shape index (κ2) is 8.53. The minimum absolute atomic E-state index is 0.449. The molecule has 1 N–H and O–H groups in total. The lowest BCUT2D eigenvalue weighted by Gasteiger charge is -2.56. The van der Waals surface area contributed by atoms with Gasteiger partial charge in [0.15, 0.2) is 0 Å². The molecule has 0 radical (unpaired) electrons. The van der Waals surface area contributed by atoms with Gasteiger partial charge in [0.25, 0.3) is 0 Å². The molecule has 21 heavy (non-hydrogen) atoms. The molecular formula is C19H37NO. The molecule has 1 spiro atoms. The molecule has 2 aliphatic carbocycles. The lowest BCUT2D eigenvalue weighted by atomic mass is 9.57. The van der Waals surface area contributed by atoms with E-state index in [1.807, 2.05) is 0 Å². The van der Waals surface area contributed by atoms with Gasteiger partial charge in [-0.15, -0.1) is 0 Å². The molecule has 0 aromatic heterocycles. The molecule has 2 nitrogen and oxygen atoms in total. The fourth-order valence-corrected chi connectivity index (χ4v) is 4.61. The van der Waals surface area contributed by atoms with Crippen LogP contribution in [0.5, 0.6) is 0 Å². The Morgan fingerprint density at radius 1 is 1.10 bits per heavy atom. The third-order valence-corrected chi connectivity index (χ3v) is 6.03. The van der Waals surface area contributed by atoms with Gasteiger partial charge in [-0.05, 0) is 39.7 Å². The van der Waals surface area contributed by atoms with E-state index >= 15 is 0 Å². The fraction of sp³-hybridized carbons (Fsp3) is 1.00. The maximum atomic E-state index is 6.51. The van der Waals surface area contributed by atoms with E-state index in [1.165, 1.54) is 77.0 Å². The van der Waals surface area contributed by atoms with Crippen molar-refractivity contribution in [3.8, 4) is 0 Å². The molecule has 0 bridgehead atoms. The number of ether oxygens (including phenoxy) is 1. The summed E-state index contributed by atoms with van der Waals surface area (Å²) in [5, 5.41) is 3.57. The Kier molecular flexibility index (Phi) is 7.01. The zero-order valence-electron chi connectivity index (χ0n) is 14.6. The standard InChI is InChI=1S/C19H37NO/c1-4-5-6-9-12-16(2)21-18-15-17(20-3)19(18)13-10-7-8-11-14-19/h16-18,20H,4-15H2,1-3H3. The quantitative estimate of drug-likeness (QED) is 0.632. The largest absolute Gasteiger partial charge is 0.375 e. The van der Waals surface area contributed by atoms with E-state index in [4.69, 9.17) is 4.74 Å². The molecule has 0 aromatic rings. The first-order valence-electron chi connectivity index (χ1n) is 9.55. The van der Waals surface area contributed by atoms with E-state index in [2.05, 4.69) is 26.2 Å². The van der Waals surface area contributed by atoms with Gasteiger partial charge in [-0.1, -0.05) is 58.3 Å². The molecule has 3 atom stereocenters. The van der Waals surface area contributed by atoms with Crippen LogP contribution in [0, 0.1) is 5.41 Å². The first kappa shape index (κ1) is 17.3. The monoisotopic (exact) mass is 295 g/mol. The summed E-state index contributed by atoms with van der Waals surface area (Å²) in [7, 11) is 2.14. The third-order valence-electron chi connectivity index (χ3n) is 6.03. The van der Waals surface area contributed by atoms with Gasteiger partial charge in [0.2, 0.25) is 0 Å². The van der Waals surface area contributed by atoms with Crippen molar-refractivity contribution >= 4 is 0 Å². The van der Waals surface area contributed by atoms with Gasteiger partial charge in [-0.2, -0.15) is 0 Å². The molecule has 0 amide bonds. The highest BCUT2D eigenvalue weighted by Crippen LogP contribution is 2.52. The normalized spacial score (nSPS) is 29.9. The predicted molar refractivity (Wildman–Crippen MR) is 90.7 cm³/mol. The van der Waals surface area contributed by atoms with Crippen molar-refractivity contribution in [2.24, 2.45) is 5.41 Å². The third kappa shape index (κ3) is 4.22. The average molecular weight is 296 g/mol. The maximum absolute atomic E-state index is 6.51. The molecule has 2 rings (SSSR count). The van der Waals surface area contributed by atoms with Crippen molar-refractivity contribution in [2.75, 3.05) is 7.05 Å². The van der Waals surface area contributed by atoms with E-state index in [9.17, 15) is 0 Å². The average Bonchev–Trinajstić information content (AvgIpc) is 2.75.